The molecule has 8 heteroatoms. The molecule has 0 bridgehead atoms. The smallest absolute Gasteiger partial charge is 0.258 e. The minimum Gasteiger partial charge on any atom is -0.356 e. The predicted molar refractivity (Wildman–Crippen MR) is 109 cm³/mol. The molecule has 1 N–H and O–H groups in total. The fourth-order valence-electron chi connectivity index (χ4n) is 5.02. The number of rotatable bonds is 3. The van der Waals surface area contributed by atoms with Gasteiger partial charge in [0.05, 0.1) is 0 Å². The molecular formula is C22H21ClFN3O3. The summed E-state index contributed by atoms with van der Waals surface area (Å²) in [7, 11) is 0. The van der Waals surface area contributed by atoms with Crippen LogP contribution in [-0.4, -0.2) is 41.0 Å². The van der Waals surface area contributed by atoms with Crippen molar-refractivity contribution >= 4 is 34.4 Å². The molecular weight excluding hydrogens is 409 g/mol. The van der Waals surface area contributed by atoms with Gasteiger partial charge < -0.3 is 4.52 Å². The zero-order valence-corrected chi connectivity index (χ0v) is 17.2. The second-order valence-electron chi connectivity index (χ2n) is 8.20. The predicted octanol–water partition coefficient (Wildman–Crippen LogP) is 3.41. The van der Waals surface area contributed by atoms with E-state index in [0.29, 0.717) is 22.2 Å². The molecule has 0 saturated carbocycles. The Balaban J connectivity index is 1.67. The van der Waals surface area contributed by atoms with Crippen molar-refractivity contribution in [2.45, 2.75) is 37.1 Å². The van der Waals surface area contributed by atoms with Crippen molar-refractivity contribution in [2.75, 3.05) is 13.1 Å². The molecule has 3 aliphatic rings. The van der Waals surface area contributed by atoms with Crippen molar-refractivity contribution in [3.05, 3.63) is 53.0 Å². The van der Waals surface area contributed by atoms with Crippen molar-refractivity contribution < 1.29 is 18.5 Å². The second kappa shape index (κ2) is 7.03. The Morgan fingerprint density at radius 1 is 1.27 bits per heavy atom. The van der Waals surface area contributed by atoms with Gasteiger partial charge in [0.15, 0.2) is 5.58 Å². The Hall–Kier alpha value is -2.51. The second-order valence-corrected chi connectivity index (χ2v) is 8.82. The summed E-state index contributed by atoms with van der Waals surface area (Å²) in [4.78, 5) is 26.2. The highest BCUT2D eigenvalue weighted by Crippen LogP contribution is 2.51. The van der Waals surface area contributed by atoms with Crippen LogP contribution in [0.15, 0.2) is 46.0 Å². The lowest BCUT2D eigenvalue weighted by Crippen LogP contribution is -2.50. The molecule has 5 rings (SSSR count). The van der Waals surface area contributed by atoms with Gasteiger partial charge in [0.25, 0.3) is 11.8 Å². The van der Waals surface area contributed by atoms with Gasteiger partial charge in [0.1, 0.15) is 16.4 Å². The van der Waals surface area contributed by atoms with Crippen LogP contribution in [0, 0.1) is 11.7 Å². The number of carbonyl (C=O) groups is 2. The summed E-state index contributed by atoms with van der Waals surface area (Å²) in [5, 5.41) is 7.17. The molecule has 1 aromatic carbocycles. The average Bonchev–Trinajstić information content (AvgIpc) is 3.28. The number of hydrogen-bond acceptors (Lipinski definition) is 5. The number of imide groups is 1. The quantitative estimate of drug-likeness (QED) is 0.597. The number of piperidine rings is 1. The van der Waals surface area contributed by atoms with Crippen molar-refractivity contribution in [1.29, 1.82) is 0 Å². The van der Waals surface area contributed by atoms with Crippen LogP contribution in [0.5, 0.6) is 0 Å². The van der Waals surface area contributed by atoms with E-state index >= 15 is 0 Å². The fraction of sp³-hybridized carbons (Fsp3) is 0.409. The van der Waals surface area contributed by atoms with Gasteiger partial charge >= 0.3 is 0 Å². The molecule has 2 aromatic rings. The summed E-state index contributed by atoms with van der Waals surface area (Å²) >= 11 is 7.27. The number of halogens is 2. The van der Waals surface area contributed by atoms with Crippen molar-refractivity contribution in [2.24, 2.45) is 5.92 Å². The van der Waals surface area contributed by atoms with Crippen LogP contribution in [0.25, 0.3) is 11.0 Å². The number of amides is 2. The highest BCUT2D eigenvalue weighted by Gasteiger charge is 2.53. The number of alkyl halides is 1. The molecule has 1 aliphatic carbocycles. The summed E-state index contributed by atoms with van der Waals surface area (Å²) in [6.45, 7) is 3.84. The molecule has 1 saturated heterocycles. The average molecular weight is 430 g/mol. The zero-order valence-electron chi connectivity index (χ0n) is 16.5. The largest absolute Gasteiger partial charge is 0.356 e. The van der Waals surface area contributed by atoms with Gasteiger partial charge in [-0.1, -0.05) is 23.7 Å². The first-order valence-electron chi connectivity index (χ1n) is 10.2. The third-order valence-corrected chi connectivity index (χ3v) is 7.05. The molecule has 3 atom stereocenters. The van der Waals surface area contributed by atoms with Gasteiger partial charge in [0.2, 0.25) is 0 Å². The lowest BCUT2D eigenvalue weighted by atomic mass is 9.72. The SMILES string of the molecule is CC(C1C2=C(C=CC1(Cl)c1noc3cc(F)ccc13)C(=O)NC2=O)N1CCCCC1. The number of nitrogens with zero attached hydrogens (tertiary/aromatic N) is 2. The number of fused-ring (bicyclic) bond motifs is 1. The van der Waals surface area contributed by atoms with Crippen molar-refractivity contribution in [1.82, 2.24) is 15.4 Å². The minimum absolute atomic E-state index is 0.124. The van der Waals surface area contributed by atoms with Crippen molar-refractivity contribution in [3.8, 4) is 0 Å². The number of carbonyl (C=O) groups excluding carboxylic acids is 2. The molecule has 3 unspecified atom stereocenters. The van der Waals surface area contributed by atoms with E-state index in [-0.39, 0.29) is 11.6 Å². The molecule has 156 valence electrons. The fourth-order valence-corrected chi connectivity index (χ4v) is 5.51. The number of nitrogens with one attached hydrogen (secondary N) is 1. The summed E-state index contributed by atoms with van der Waals surface area (Å²) in [6, 6.07) is 4.05. The molecule has 2 amide bonds. The zero-order chi connectivity index (χ0) is 21.0. The topological polar surface area (TPSA) is 75.4 Å². The van der Waals surface area contributed by atoms with Crippen LogP contribution in [0.2, 0.25) is 0 Å². The highest BCUT2D eigenvalue weighted by molar-refractivity contribution is 6.29. The van der Waals surface area contributed by atoms with Crippen LogP contribution in [-0.2, 0) is 14.5 Å². The molecule has 1 fully saturated rings. The minimum atomic E-state index is -1.22. The molecule has 2 aliphatic heterocycles. The number of likely N-dealkylation sites (tertiary alicyclic amines) is 1. The van der Waals surface area contributed by atoms with E-state index < -0.39 is 28.4 Å². The number of aromatic nitrogens is 1. The van der Waals surface area contributed by atoms with Crippen LogP contribution in [0.4, 0.5) is 4.39 Å². The molecule has 1 aromatic heterocycles. The Morgan fingerprint density at radius 2 is 2.03 bits per heavy atom. The molecule has 0 radical (unpaired) electrons. The van der Waals surface area contributed by atoms with Crippen LogP contribution in [0.3, 0.4) is 0 Å². The standard InChI is InChI=1S/C22H21ClFN3O3/c1-12(27-9-3-2-4-10-27)18-17-15(20(28)25-21(17)29)7-8-22(18,23)19-14-6-5-13(24)11-16(14)30-26-19/h5-8,11-12,18H,2-4,9-10H2,1H3,(H,25,28,29). The van der Waals surface area contributed by atoms with E-state index in [1.165, 1.54) is 18.6 Å². The molecule has 3 heterocycles. The van der Waals surface area contributed by atoms with Crippen molar-refractivity contribution in [3.63, 3.8) is 0 Å². The Morgan fingerprint density at radius 3 is 2.80 bits per heavy atom. The number of benzene rings is 1. The number of allylic oxidation sites excluding steroid dienone is 1. The van der Waals surface area contributed by atoms with E-state index in [4.69, 9.17) is 16.1 Å². The maximum atomic E-state index is 13.7. The van der Waals surface area contributed by atoms with E-state index in [0.717, 1.165) is 25.9 Å². The van der Waals surface area contributed by atoms with Crippen LogP contribution < -0.4 is 5.32 Å². The lowest BCUT2D eigenvalue weighted by molar-refractivity contribution is -0.124. The molecule has 30 heavy (non-hydrogen) atoms. The third-order valence-electron chi connectivity index (χ3n) is 6.51. The first-order chi connectivity index (χ1) is 14.4. The Bertz CT molecular complexity index is 1120. The first kappa shape index (κ1) is 19.5. The normalized spacial score (nSPS) is 28.2. The molecule has 0 spiro atoms. The Labute approximate surface area is 177 Å². The first-order valence-corrected chi connectivity index (χ1v) is 10.6. The van der Waals surface area contributed by atoms with E-state index in [1.54, 1.807) is 18.2 Å². The lowest BCUT2D eigenvalue weighted by Gasteiger charge is -2.44. The van der Waals surface area contributed by atoms with Gasteiger partial charge in [-0.05, 0) is 45.0 Å². The van der Waals surface area contributed by atoms with E-state index in [1.807, 2.05) is 6.92 Å². The van der Waals surface area contributed by atoms with E-state index in [9.17, 15) is 14.0 Å². The number of hydrogen-bond donors (Lipinski definition) is 1. The van der Waals surface area contributed by atoms with Gasteiger partial charge in [-0.2, -0.15) is 0 Å². The van der Waals surface area contributed by atoms with Crippen LogP contribution in [0.1, 0.15) is 31.9 Å². The van der Waals surface area contributed by atoms with Gasteiger partial charge in [0, 0.05) is 34.6 Å². The summed E-state index contributed by atoms with van der Waals surface area (Å²) in [6.07, 6.45) is 6.63. The monoisotopic (exact) mass is 429 g/mol. The van der Waals surface area contributed by atoms with Gasteiger partial charge in [-0.25, -0.2) is 4.39 Å². The maximum absolute atomic E-state index is 13.7. The summed E-state index contributed by atoms with van der Waals surface area (Å²) in [5.41, 5.74) is 1.44. The maximum Gasteiger partial charge on any atom is 0.258 e. The molecule has 6 nitrogen and oxygen atoms in total. The van der Waals surface area contributed by atoms with Crippen LogP contribution >= 0.6 is 11.6 Å². The third kappa shape index (κ3) is 2.83. The van der Waals surface area contributed by atoms with Gasteiger partial charge in [-0.15, -0.1) is 11.6 Å². The van der Waals surface area contributed by atoms with Gasteiger partial charge in [-0.3, -0.25) is 19.8 Å². The van der Waals surface area contributed by atoms with E-state index in [2.05, 4.69) is 15.4 Å². The Kier molecular flexibility index (Phi) is 4.56. The summed E-state index contributed by atoms with van der Waals surface area (Å²) < 4.78 is 19.0. The highest BCUT2D eigenvalue weighted by atomic mass is 35.5. The summed E-state index contributed by atoms with van der Waals surface area (Å²) in [5.74, 6) is -1.79.